The van der Waals surface area contributed by atoms with E-state index >= 15 is 0 Å². The number of aliphatic hydroxyl groups is 1. The van der Waals surface area contributed by atoms with Crippen molar-refractivity contribution in [3.8, 4) is 0 Å². The fourth-order valence-electron chi connectivity index (χ4n) is 12.5. The van der Waals surface area contributed by atoms with Gasteiger partial charge < -0.3 is 20.8 Å². The van der Waals surface area contributed by atoms with Gasteiger partial charge in [0.2, 0.25) is 5.91 Å². The number of fused-ring (bicyclic) bond motifs is 7. The Morgan fingerprint density at radius 3 is 2.39 bits per heavy atom. The third-order valence-electron chi connectivity index (χ3n) is 14.7. The summed E-state index contributed by atoms with van der Waals surface area (Å²) in [6, 6.07) is 7.48. The number of carbonyl (C=O) groups is 3. The van der Waals surface area contributed by atoms with Crippen LogP contribution in [-0.2, 0) is 16.1 Å². The highest BCUT2D eigenvalue weighted by atomic mass is 16.4. The summed E-state index contributed by atoms with van der Waals surface area (Å²) in [5, 5.41) is 26.0. The van der Waals surface area contributed by atoms with Gasteiger partial charge >= 0.3 is 5.97 Å². The predicted molar refractivity (Wildman–Crippen MR) is 179 cm³/mol. The third kappa shape index (κ3) is 5.60. The number of unbranched alkanes of at least 4 members (excludes halogenated alkanes) is 1. The molecule has 5 saturated carbocycles. The number of nitrogens with one attached hydrogen (secondary N) is 2. The maximum Gasteiger partial charge on any atom is 0.303 e. The van der Waals surface area contributed by atoms with Gasteiger partial charge in [0, 0.05) is 25.1 Å². The third-order valence-corrected chi connectivity index (χ3v) is 14.7. The van der Waals surface area contributed by atoms with Crippen LogP contribution in [0.3, 0.4) is 0 Å². The molecule has 5 aliphatic rings. The minimum absolute atomic E-state index is 0.0247. The number of aliphatic carboxylic acids is 1. The highest BCUT2D eigenvalue weighted by molar-refractivity contribution is 5.94. The SMILES string of the molecule is CC1(C)C(O)CCC2(C)C1CCC1(C)C3CCC4(C(=O)NCc5cccc(C(=O)NCCCCC(=O)O)c5)CCCC4C3CCC12. The summed E-state index contributed by atoms with van der Waals surface area (Å²) in [7, 11) is 0. The second-order valence-corrected chi connectivity index (χ2v) is 17.1. The fraction of sp³-hybridized carbons (Fsp3) is 0.769. The molecule has 2 amide bonds. The second-order valence-electron chi connectivity index (χ2n) is 17.1. The molecule has 254 valence electrons. The molecule has 5 aliphatic carbocycles. The van der Waals surface area contributed by atoms with Gasteiger partial charge in [-0.15, -0.1) is 0 Å². The number of carbonyl (C=O) groups excluding carboxylic acids is 2. The zero-order valence-electron chi connectivity index (χ0n) is 28.7. The van der Waals surface area contributed by atoms with Crippen LogP contribution < -0.4 is 10.6 Å². The Morgan fingerprint density at radius 1 is 0.826 bits per heavy atom. The quantitative estimate of drug-likeness (QED) is 0.216. The van der Waals surface area contributed by atoms with E-state index in [1.165, 1.54) is 25.7 Å². The molecule has 0 bridgehead atoms. The van der Waals surface area contributed by atoms with Crippen LogP contribution in [0.25, 0.3) is 0 Å². The Labute approximate surface area is 276 Å². The molecule has 7 nitrogen and oxygen atoms in total. The average molecular weight is 635 g/mol. The van der Waals surface area contributed by atoms with Crippen molar-refractivity contribution in [1.82, 2.24) is 10.6 Å². The summed E-state index contributed by atoms with van der Waals surface area (Å²) in [5.41, 5.74) is 1.79. The maximum absolute atomic E-state index is 14.2. The van der Waals surface area contributed by atoms with Crippen molar-refractivity contribution in [3.63, 3.8) is 0 Å². The molecular weight excluding hydrogens is 576 g/mol. The lowest BCUT2D eigenvalue weighted by atomic mass is 9.36. The lowest BCUT2D eigenvalue weighted by molar-refractivity contribution is -0.214. The highest BCUT2D eigenvalue weighted by Gasteiger charge is 2.67. The van der Waals surface area contributed by atoms with Crippen LogP contribution in [0.5, 0.6) is 0 Å². The van der Waals surface area contributed by atoms with E-state index in [4.69, 9.17) is 5.11 Å². The number of carboxylic acid groups (broad SMARTS) is 1. The van der Waals surface area contributed by atoms with Crippen molar-refractivity contribution >= 4 is 17.8 Å². The van der Waals surface area contributed by atoms with E-state index < -0.39 is 5.97 Å². The lowest BCUT2D eigenvalue weighted by Gasteiger charge is -2.69. The molecule has 1 aromatic rings. The first-order chi connectivity index (χ1) is 21.8. The van der Waals surface area contributed by atoms with Gasteiger partial charge in [-0.1, -0.05) is 46.2 Å². The van der Waals surface area contributed by atoms with Gasteiger partial charge in [-0.05, 0) is 141 Å². The number of hydrogen-bond acceptors (Lipinski definition) is 4. The second kappa shape index (κ2) is 12.6. The molecule has 0 aromatic heterocycles. The van der Waals surface area contributed by atoms with Crippen molar-refractivity contribution in [2.24, 2.45) is 51.2 Å². The Hall–Kier alpha value is -2.41. The Kier molecular flexibility index (Phi) is 9.14. The molecule has 0 heterocycles. The first-order valence-electron chi connectivity index (χ1n) is 18.4. The number of rotatable bonds is 9. The fourth-order valence-corrected chi connectivity index (χ4v) is 12.5. The summed E-state index contributed by atoms with van der Waals surface area (Å²) in [6.07, 6.45) is 13.5. The highest BCUT2D eigenvalue weighted by Crippen LogP contribution is 2.73. The van der Waals surface area contributed by atoms with Crippen molar-refractivity contribution in [2.75, 3.05) is 6.54 Å². The summed E-state index contributed by atoms with van der Waals surface area (Å²) in [5.74, 6) is 2.26. The first kappa shape index (κ1) is 33.5. The molecule has 0 radical (unpaired) electrons. The van der Waals surface area contributed by atoms with Crippen LogP contribution in [0, 0.1) is 51.2 Å². The van der Waals surface area contributed by atoms with Crippen LogP contribution in [0.15, 0.2) is 24.3 Å². The molecule has 0 spiro atoms. The summed E-state index contributed by atoms with van der Waals surface area (Å²) >= 11 is 0. The molecule has 7 heteroatoms. The van der Waals surface area contributed by atoms with Gasteiger partial charge in [0.05, 0.1) is 11.5 Å². The normalized spacial score (nSPS) is 39.2. The van der Waals surface area contributed by atoms with Crippen LogP contribution in [0.4, 0.5) is 0 Å². The molecule has 5 fully saturated rings. The van der Waals surface area contributed by atoms with Crippen LogP contribution in [-0.4, -0.2) is 40.6 Å². The number of carboxylic acids is 1. The molecule has 9 unspecified atom stereocenters. The largest absolute Gasteiger partial charge is 0.481 e. The zero-order valence-corrected chi connectivity index (χ0v) is 28.7. The van der Waals surface area contributed by atoms with Crippen LogP contribution in [0.1, 0.15) is 134 Å². The molecule has 6 rings (SSSR count). The molecular formula is C39H58N2O5. The molecule has 1 aromatic carbocycles. The number of amides is 2. The van der Waals surface area contributed by atoms with Gasteiger partial charge in [0.1, 0.15) is 0 Å². The molecule has 9 atom stereocenters. The molecule has 0 saturated heterocycles. The number of hydrogen-bond donors (Lipinski definition) is 4. The topological polar surface area (TPSA) is 116 Å². The average Bonchev–Trinajstić information content (AvgIpc) is 3.47. The summed E-state index contributed by atoms with van der Waals surface area (Å²) in [4.78, 5) is 37.6. The standard InChI is InChI=1S/C39H58N2O5/c1-36(2)30-16-19-37(3)28-15-21-39(18-8-11-29(39)27(28)13-14-31(37)38(30,4)20-17-32(36)42)35(46)41-24-25-9-7-10-26(23-25)34(45)40-22-6-5-12-33(43)44/h7,9-10,23,27-32,42H,5-6,8,11-22,24H2,1-4H3,(H,40,45)(H,41,46)(H,43,44). The van der Waals surface area contributed by atoms with Crippen molar-refractivity contribution in [2.45, 2.75) is 130 Å². The van der Waals surface area contributed by atoms with E-state index in [2.05, 4.69) is 38.3 Å². The van der Waals surface area contributed by atoms with E-state index in [1.807, 2.05) is 18.2 Å². The van der Waals surface area contributed by atoms with Gasteiger partial charge in [-0.3, -0.25) is 14.4 Å². The van der Waals surface area contributed by atoms with Gasteiger partial charge in [-0.25, -0.2) is 0 Å². The van der Waals surface area contributed by atoms with Crippen LogP contribution in [0.2, 0.25) is 0 Å². The summed E-state index contributed by atoms with van der Waals surface area (Å²) in [6.45, 7) is 10.7. The van der Waals surface area contributed by atoms with Gasteiger partial charge in [-0.2, -0.15) is 0 Å². The minimum Gasteiger partial charge on any atom is -0.481 e. The maximum atomic E-state index is 14.2. The van der Waals surface area contributed by atoms with E-state index in [0.717, 1.165) is 50.5 Å². The number of benzene rings is 1. The first-order valence-corrected chi connectivity index (χ1v) is 18.4. The minimum atomic E-state index is -0.818. The Bertz CT molecular complexity index is 1330. The van der Waals surface area contributed by atoms with Crippen molar-refractivity contribution in [3.05, 3.63) is 35.4 Å². The van der Waals surface area contributed by atoms with Crippen molar-refractivity contribution < 1.29 is 24.6 Å². The lowest BCUT2D eigenvalue weighted by Crippen LogP contribution is -2.63. The zero-order chi connectivity index (χ0) is 32.9. The molecule has 0 aliphatic heterocycles. The van der Waals surface area contributed by atoms with Gasteiger partial charge in [0.15, 0.2) is 0 Å². The predicted octanol–water partition coefficient (Wildman–Crippen LogP) is 7.11. The van der Waals surface area contributed by atoms with Gasteiger partial charge in [0.25, 0.3) is 5.91 Å². The number of aliphatic hydroxyl groups excluding tert-OH is 1. The molecule has 46 heavy (non-hydrogen) atoms. The van der Waals surface area contributed by atoms with Crippen molar-refractivity contribution in [1.29, 1.82) is 0 Å². The monoisotopic (exact) mass is 634 g/mol. The van der Waals surface area contributed by atoms with E-state index in [-0.39, 0.29) is 40.6 Å². The van der Waals surface area contributed by atoms with E-state index in [1.54, 1.807) is 6.07 Å². The van der Waals surface area contributed by atoms with Crippen LogP contribution >= 0.6 is 0 Å². The Morgan fingerprint density at radius 2 is 1.61 bits per heavy atom. The van der Waals surface area contributed by atoms with E-state index in [9.17, 15) is 19.5 Å². The van der Waals surface area contributed by atoms with E-state index in [0.29, 0.717) is 66.5 Å². The molecule has 4 N–H and O–H groups in total. The Balaban J connectivity index is 1.10. The summed E-state index contributed by atoms with van der Waals surface area (Å²) < 4.78 is 0. The smallest absolute Gasteiger partial charge is 0.303 e.